The average molecular weight is 329 g/mol. The Hall–Kier alpha value is -1.51. The molecule has 1 aromatic heterocycles. The molecule has 0 bridgehead atoms. The lowest BCUT2D eigenvalue weighted by molar-refractivity contribution is 0.584. The highest BCUT2D eigenvalue weighted by Gasteiger charge is 2.14. The topological polar surface area (TPSA) is 71.1 Å². The minimum Gasteiger partial charge on any atom is -0.377 e. The smallest absolute Gasteiger partial charge is 0.240 e. The van der Waals surface area contributed by atoms with Crippen LogP contribution in [0.5, 0.6) is 0 Å². The molecule has 0 saturated carbocycles. The Kier molecular flexibility index (Phi) is 4.92. The van der Waals surface area contributed by atoms with Gasteiger partial charge in [0.1, 0.15) is 5.82 Å². The summed E-state index contributed by atoms with van der Waals surface area (Å²) in [6, 6.07) is 3.76. The van der Waals surface area contributed by atoms with Crippen molar-refractivity contribution in [1.82, 2.24) is 9.71 Å². The second-order valence-corrected chi connectivity index (χ2v) is 7.12. The quantitative estimate of drug-likeness (QED) is 0.853. The lowest BCUT2D eigenvalue weighted by Crippen LogP contribution is -2.18. The molecule has 0 aliphatic carbocycles. The monoisotopic (exact) mass is 329 g/mol. The molecule has 0 fully saturated rings. The molecular formula is C13H16FN3O2S2. The van der Waals surface area contributed by atoms with Crippen LogP contribution in [0.15, 0.2) is 28.5 Å². The zero-order valence-corrected chi connectivity index (χ0v) is 13.3. The fourth-order valence-corrected chi connectivity index (χ4v) is 3.19. The zero-order chi connectivity index (χ0) is 15.5. The number of nitrogens with zero attached hydrogens (tertiary/aromatic N) is 1. The number of sulfonamides is 1. The first kappa shape index (κ1) is 15.9. The van der Waals surface area contributed by atoms with E-state index in [2.05, 4.69) is 15.0 Å². The largest absolute Gasteiger partial charge is 0.377 e. The van der Waals surface area contributed by atoms with Gasteiger partial charge in [0.2, 0.25) is 10.0 Å². The number of thiazole rings is 1. The lowest BCUT2D eigenvalue weighted by Gasteiger charge is -2.08. The summed E-state index contributed by atoms with van der Waals surface area (Å²) in [4.78, 5) is 4.27. The fourth-order valence-electron chi connectivity index (χ4n) is 1.70. The van der Waals surface area contributed by atoms with E-state index in [4.69, 9.17) is 0 Å². The molecule has 2 aromatic rings. The summed E-state index contributed by atoms with van der Waals surface area (Å²) in [5, 5.41) is 5.87. The van der Waals surface area contributed by atoms with E-state index in [1.165, 1.54) is 19.2 Å². The Bertz CT molecular complexity index is 729. The molecular weight excluding hydrogens is 313 g/mol. The van der Waals surface area contributed by atoms with E-state index in [1.807, 2.05) is 12.3 Å². The van der Waals surface area contributed by atoms with Crippen molar-refractivity contribution in [3.63, 3.8) is 0 Å². The number of hydrogen-bond acceptors (Lipinski definition) is 5. The van der Waals surface area contributed by atoms with Crippen molar-refractivity contribution in [2.75, 3.05) is 12.4 Å². The first-order valence-corrected chi connectivity index (χ1v) is 8.72. The zero-order valence-electron chi connectivity index (χ0n) is 11.7. The molecule has 2 N–H and O–H groups in total. The number of nitrogens with one attached hydrogen (secondary N) is 2. The van der Waals surface area contributed by atoms with Crippen molar-refractivity contribution in [3.8, 4) is 0 Å². The molecule has 0 spiro atoms. The van der Waals surface area contributed by atoms with Crippen molar-refractivity contribution in [1.29, 1.82) is 0 Å². The summed E-state index contributed by atoms with van der Waals surface area (Å²) < 4.78 is 39.2. The molecule has 1 heterocycles. The predicted molar refractivity (Wildman–Crippen MR) is 81.5 cm³/mol. The van der Waals surface area contributed by atoms with E-state index in [1.54, 1.807) is 11.3 Å². The summed E-state index contributed by atoms with van der Waals surface area (Å²) in [5.74, 6) is -0.614. The summed E-state index contributed by atoms with van der Waals surface area (Å²) >= 11 is 1.57. The summed E-state index contributed by atoms with van der Waals surface area (Å²) in [7, 11) is -2.35. The van der Waals surface area contributed by atoms with Gasteiger partial charge >= 0.3 is 0 Å². The summed E-state index contributed by atoms with van der Waals surface area (Å²) in [6.07, 6.45) is 0.871. The molecule has 0 aliphatic rings. The van der Waals surface area contributed by atoms with Crippen LogP contribution < -0.4 is 10.0 Å². The highest BCUT2D eigenvalue weighted by molar-refractivity contribution is 7.89. The van der Waals surface area contributed by atoms with E-state index in [0.717, 1.165) is 23.2 Å². The van der Waals surface area contributed by atoms with Gasteiger partial charge in [-0.25, -0.2) is 22.5 Å². The second kappa shape index (κ2) is 6.50. The fraction of sp³-hybridized carbons (Fsp3) is 0.308. The van der Waals surface area contributed by atoms with Crippen molar-refractivity contribution < 1.29 is 12.8 Å². The van der Waals surface area contributed by atoms with Crippen LogP contribution in [0.1, 0.15) is 17.6 Å². The van der Waals surface area contributed by atoms with Gasteiger partial charge in [-0.15, -0.1) is 11.3 Å². The number of halogens is 1. The molecule has 0 saturated heterocycles. The Morgan fingerprint density at radius 1 is 1.38 bits per heavy atom. The number of hydrogen-bond donors (Lipinski definition) is 2. The van der Waals surface area contributed by atoms with E-state index >= 15 is 0 Å². The van der Waals surface area contributed by atoms with Crippen LogP contribution in [0.2, 0.25) is 0 Å². The van der Waals surface area contributed by atoms with E-state index in [0.29, 0.717) is 6.54 Å². The molecule has 5 nitrogen and oxygen atoms in total. The van der Waals surface area contributed by atoms with Gasteiger partial charge in [0.25, 0.3) is 0 Å². The Labute approximate surface area is 127 Å². The number of anilines is 1. The van der Waals surface area contributed by atoms with Crippen molar-refractivity contribution in [2.24, 2.45) is 0 Å². The van der Waals surface area contributed by atoms with Gasteiger partial charge in [-0.1, -0.05) is 6.92 Å². The van der Waals surface area contributed by atoms with Gasteiger partial charge in [-0.2, -0.15) is 0 Å². The third-order valence-corrected chi connectivity index (χ3v) is 5.34. The van der Waals surface area contributed by atoms with Crippen LogP contribution in [0, 0.1) is 5.82 Å². The Morgan fingerprint density at radius 3 is 2.71 bits per heavy atom. The average Bonchev–Trinajstić information content (AvgIpc) is 2.94. The lowest BCUT2D eigenvalue weighted by atomic mass is 10.3. The number of rotatable bonds is 6. The van der Waals surface area contributed by atoms with E-state index in [-0.39, 0.29) is 10.6 Å². The standard InChI is InChI=1S/C13H16FN3O2S2/c1-3-13-17-9(8-20-13)7-16-12-5-4-10(6-11(12)14)21(18,19)15-2/h4-6,8,15-16H,3,7H2,1-2H3. The summed E-state index contributed by atoms with van der Waals surface area (Å²) in [6.45, 7) is 2.42. The molecule has 0 aliphatic heterocycles. The molecule has 21 heavy (non-hydrogen) atoms. The Balaban J connectivity index is 2.11. The number of aryl methyl sites for hydroxylation is 1. The minimum absolute atomic E-state index is 0.102. The van der Waals surface area contributed by atoms with Crippen LogP contribution in [-0.2, 0) is 23.0 Å². The molecule has 0 unspecified atom stereocenters. The van der Waals surface area contributed by atoms with Crippen LogP contribution in [0.4, 0.5) is 10.1 Å². The van der Waals surface area contributed by atoms with Crippen LogP contribution in [0.25, 0.3) is 0 Å². The van der Waals surface area contributed by atoms with Crippen LogP contribution in [-0.4, -0.2) is 20.4 Å². The first-order valence-electron chi connectivity index (χ1n) is 6.36. The maximum Gasteiger partial charge on any atom is 0.240 e. The maximum atomic E-state index is 13.9. The second-order valence-electron chi connectivity index (χ2n) is 4.29. The highest BCUT2D eigenvalue weighted by atomic mass is 32.2. The van der Waals surface area contributed by atoms with Crippen molar-refractivity contribution in [3.05, 3.63) is 40.1 Å². The molecule has 114 valence electrons. The molecule has 0 radical (unpaired) electrons. The third kappa shape index (κ3) is 3.78. The molecule has 8 heteroatoms. The van der Waals surface area contributed by atoms with Crippen LogP contribution >= 0.6 is 11.3 Å². The van der Waals surface area contributed by atoms with Gasteiger partial charge in [0.05, 0.1) is 27.8 Å². The first-order chi connectivity index (χ1) is 9.96. The van der Waals surface area contributed by atoms with Gasteiger partial charge in [0, 0.05) is 5.38 Å². The maximum absolute atomic E-state index is 13.9. The van der Waals surface area contributed by atoms with Gasteiger partial charge < -0.3 is 5.32 Å². The van der Waals surface area contributed by atoms with Gasteiger partial charge in [0.15, 0.2) is 0 Å². The summed E-state index contributed by atoms with van der Waals surface area (Å²) in [5.41, 5.74) is 1.08. The van der Waals surface area contributed by atoms with Crippen LogP contribution in [0.3, 0.4) is 0 Å². The normalized spacial score (nSPS) is 11.6. The molecule has 0 atom stereocenters. The van der Waals surface area contributed by atoms with Crippen molar-refractivity contribution in [2.45, 2.75) is 24.8 Å². The minimum atomic E-state index is -3.63. The van der Waals surface area contributed by atoms with E-state index in [9.17, 15) is 12.8 Å². The Morgan fingerprint density at radius 2 is 2.14 bits per heavy atom. The van der Waals surface area contributed by atoms with E-state index < -0.39 is 15.8 Å². The molecule has 0 amide bonds. The predicted octanol–water partition coefficient (Wildman–Crippen LogP) is 2.36. The highest BCUT2D eigenvalue weighted by Crippen LogP contribution is 2.20. The number of aromatic nitrogens is 1. The van der Waals surface area contributed by atoms with Crippen molar-refractivity contribution >= 4 is 27.0 Å². The third-order valence-electron chi connectivity index (χ3n) is 2.88. The molecule has 1 aromatic carbocycles. The number of benzene rings is 1. The molecule has 2 rings (SSSR count). The SMILES string of the molecule is CCc1nc(CNc2ccc(S(=O)(=O)NC)cc2F)cs1. The van der Waals surface area contributed by atoms with Gasteiger partial charge in [-0.05, 0) is 31.7 Å². The van der Waals surface area contributed by atoms with Gasteiger partial charge in [-0.3, -0.25) is 0 Å².